The Bertz CT molecular complexity index is 351. The van der Waals surface area contributed by atoms with E-state index in [-0.39, 0.29) is 11.1 Å². The first-order chi connectivity index (χ1) is 6.07. The molecule has 0 aliphatic heterocycles. The molecule has 4 nitrogen and oxygen atoms in total. The van der Waals surface area contributed by atoms with Gasteiger partial charge in [0, 0.05) is 11.3 Å². The lowest BCUT2D eigenvalue weighted by Crippen LogP contribution is -2.30. The number of hydrogen-bond donors (Lipinski definition) is 3. The molecule has 0 spiro atoms. The summed E-state index contributed by atoms with van der Waals surface area (Å²) in [5.74, 6) is 3.56. The lowest BCUT2D eigenvalue weighted by molar-refractivity contribution is 0.0949. The van der Waals surface area contributed by atoms with Crippen LogP contribution in [-0.4, -0.2) is 5.91 Å². The molecular formula is C8H10FN3O. The monoisotopic (exact) mass is 183 g/mol. The van der Waals surface area contributed by atoms with Crippen LogP contribution in [0, 0.1) is 12.7 Å². The minimum atomic E-state index is -0.666. The number of rotatable bonds is 1. The Hall–Kier alpha value is -1.62. The van der Waals surface area contributed by atoms with Gasteiger partial charge in [-0.1, -0.05) is 0 Å². The SMILES string of the molecule is Cc1c(N)ccc(C(=O)NN)c1F. The molecule has 70 valence electrons. The zero-order valence-corrected chi connectivity index (χ0v) is 7.10. The molecule has 5 N–H and O–H groups in total. The summed E-state index contributed by atoms with van der Waals surface area (Å²) < 4.78 is 13.3. The van der Waals surface area contributed by atoms with Crippen LogP contribution in [0.15, 0.2) is 12.1 Å². The number of benzene rings is 1. The number of amides is 1. The van der Waals surface area contributed by atoms with Crippen LogP contribution in [0.25, 0.3) is 0 Å². The molecule has 1 rings (SSSR count). The fourth-order valence-electron chi connectivity index (χ4n) is 0.953. The van der Waals surface area contributed by atoms with Crippen molar-refractivity contribution in [3.05, 3.63) is 29.1 Å². The third kappa shape index (κ3) is 1.59. The summed E-state index contributed by atoms with van der Waals surface area (Å²) in [5, 5.41) is 0. The van der Waals surface area contributed by atoms with Gasteiger partial charge in [-0.05, 0) is 19.1 Å². The molecule has 0 aliphatic rings. The lowest BCUT2D eigenvalue weighted by Gasteiger charge is -2.05. The number of nitrogens with one attached hydrogen (secondary N) is 1. The van der Waals surface area contributed by atoms with E-state index in [1.807, 2.05) is 5.43 Å². The van der Waals surface area contributed by atoms with E-state index in [1.54, 1.807) is 0 Å². The van der Waals surface area contributed by atoms with Gasteiger partial charge < -0.3 is 5.73 Å². The van der Waals surface area contributed by atoms with E-state index in [2.05, 4.69) is 0 Å². The first kappa shape index (κ1) is 9.47. The average molecular weight is 183 g/mol. The summed E-state index contributed by atoms with van der Waals surface area (Å²) in [5.41, 5.74) is 7.74. The number of nitrogens with two attached hydrogens (primary N) is 2. The number of anilines is 1. The van der Waals surface area contributed by atoms with Crippen molar-refractivity contribution in [3.63, 3.8) is 0 Å². The largest absolute Gasteiger partial charge is 0.398 e. The van der Waals surface area contributed by atoms with Gasteiger partial charge in [-0.2, -0.15) is 0 Å². The van der Waals surface area contributed by atoms with Gasteiger partial charge in [0.25, 0.3) is 5.91 Å². The summed E-state index contributed by atoms with van der Waals surface area (Å²) in [4.78, 5) is 11.0. The number of halogens is 1. The number of carbonyl (C=O) groups is 1. The smallest absolute Gasteiger partial charge is 0.268 e. The predicted octanol–water partition coefficient (Wildman–Crippen LogP) is 0.320. The third-order valence-electron chi connectivity index (χ3n) is 1.80. The second kappa shape index (κ2) is 3.40. The van der Waals surface area contributed by atoms with Crippen LogP contribution in [0.4, 0.5) is 10.1 Å². The second-order valence-corrected chi connectivity index (χ2v) is 2.61. The molecule has 0 unspecified atom stereocenters. The Balaban J connectivity index is 3.26. The molecule has 0 aromatic heterocycles. The van der Waals surface area contributed by atoms with E-state index in [4.69, 9.17) is 11.6 Å². The van der Waals surface area contributed by atoms with Crippen LogP contribution in [0.3, 0.4) is 0 Å². The first-order valence-electron chi connectivity index (χ1n) is 3.63. The van der Waals surface area contributed by atoms with Gasteiger partial charge in [-0.15, -0.1) is 0 Å². The van der Waals surface area contributed by atoms with Gasteiger partial charge in [-0.25, -0.2) is 10.2 Å². The van der Waals surface area contributed by atoms with Crippen LogP contribution >= 0.6 is 0 Å². The fraction of sp³-hybridized carbons (Fsp3) is 0.125. The molecule has 0 atom stereocenters. The van der Waals surface area contributed by atoms with Crippen molar-refractivity contribution >= 4 is 11.6 Å². The van der Waals surface area contributed by atoms with Gasteiger partial charge in [-0.3, -0.25) is 10.2 Å². The molecule has 0 saturated carbocycles. The van der Waals surface area contributed by atoms with E-state index in [1.165, 1.54) is 19.1 Å². The molecule has 0 radical (unpaired) electrons. The van der Waals surface area contributed by atoms with Crippen LogP contribution in [0.5, 0.6) is 0 Å². The molecule has 1 aromatic rings. The number of carbonyl (C=O) groups excluding carboxylic acids is 1. The molecule has 1 amide bonds. The summed E-state index contributed by atoms with van der Waals surface area (Å²) >= 11 is 0. The van der Waals surface area contributed by atoms with Crippen molar-refractivity contribution in [3.8, 4) is 0 Å². The van der Waals surface area contributed by atoms with E-state index in [9.17, 15) is 9.18 Å². The zero-order chi connectivity index (χ0) is 10.0. The van der Waals surface area contributed by atoms with Gasteiger partial charge in [0.15, 0.2) is 0 Å². The molecule has 0 heterocycles. The van der Waals surface area contributed by atoms with Crippen molar-refractivity contribution in [1.29, 1.82) is 0 Å². The summed E-state index contributed by atoms with van der Waals surface area (Å²) in [6.07, 6.45) is 0. The molecule has 13 heavy (non-hydrogen) atoms. The number of hydrogen-bond acceptors (Lipinski definition) is 3. The standard InChI is InChI=1S/C8H10FN3O/c1-4-6(10)3-2-5(7(4)9)8(13)12-11/h2-3H,10-11H2,1H3,(H,12,13). The summed E-state index contributed by atoms with van der Waals surface area (Å²) in [6, 6.07) is 2.75. The highest BCUT2D eigenvalue weighted by atomic mass is 19.1. The quantitative estimate of drug-likeness (QED) is 0.254. The summed E-state index contributed by atoms with van der Waals surface area (Å²) in [6.45, 7) is 1.50. The van der Waals surface area contributed by atoms with Gasteiger partial charge in [0.1, 0.15) is 5.82 Å². The van der Waals surface area contributed by atoms with Crippen molar-refractivity contribution in [2.75, 3.05) is 5.73 Å². The van der Waals surface area contributed by atoms with E-state index < -0.39 is 11.7 Å². The Morgan fingerprint density at radius 3 is 2.69 bits per heavy atom. The highest BCUT2D eigenvalue weighted by Gasteiger charge is 2.13. The van der Waals surface area contributed by atoms with Crippen LogP contribution < -0.4 is 17.0 Å². The van der Waals surface area contributed by atoms with Crippen LogP contribution in [0.1, 0.15) is 15.9 Å². The highest BCUT2D eigenvalue weighted by Crippen LogP contribution is 2.18. The van der Waals surface area contributed by atoms with Crippen molar-refractivity contribution in [2.24, 2.45) is 5.84 Å². The van der Waals surface area contributed by atoms with Gasteiger partial charge in [0.05, 0.1) is 5.56 Å². The topological polar surface area (TPSA) is 81.1 Å². The lowest BCUT2D eigenvalue weighted by atomic mass is 10.1. The Labute approximate surface area is 74.7 Å². The maximum absolute atomic E-state index is 13.3. The van der Waals surface area contributed by atoms with Crippen molar-refractivity contribution in [2.45, 2.75) is 6.92 Å². The maximum Gasteiger partial charge on any atom is 0.268 e. The normalized spacial score (nSPS) is 9.77. The number of hydrazine groups is 1. The minimum Gasteiger partial charge on any atom is -0.398 e. The second-order valence-electron chi connectivity index (χ2n) is 2.61. The van der Waals surface area contributed by atoms with Crippen molar-refractivity contribution in [1.82, 2.24) is 5.43 Å². The van der Waals surface area contributed by atoms with Crippen molar-refractivity contribution < 1.29 is 9.18 Å². The maximum atomic E-state index is 13.3. The third-order valence-corrected chi connectivity index (χ3v) is 1.80. The molecule has 0 saturated heterocycles. The Kier molecular flexibility index (Phi) is 2.48. The fourth-order valence-corrected chi connectivity index (χ4v) is 0.953. The van der Waals surface area contributed by atoms with E-state index in [0.29, 0.717) is 5.69 Å². The molecule has 0 aliphatic carbocycles. The zero-order valence-electron chi connectivity index (χ0n) is 7.10. The van der Waals surface area contributed by atoms with Gasteiger partial charge >= 0.3 is 0 Å². The highest BCUT2D eigenvalue weighted by molar-refractivity contribution is 5.94. The number of nitrogen functional groups attached to an aromatic ring is 2. The Morgan fingerprint density at radius 2 is 2.15 bits per heavy atom. The molecular weight excluding hydrogens is 173 g/mol. The first-order valence-corrected chi connectivity index (χ1v) is 3.63. The van der Waals surface area contributed by atoms with Crippen LogP contribution in [0.2, 0.25) is 0 Å². The summed E-state index contributed by atoms with van der Waals surface area (Å²) in [7, 11) is 0. The van der Waals surface area contributed by atoms with Gasteiger partial charge in [0.2, 0.25) is 0 Å². The Morgan fingerprint density at radius 1 is 1.54 bits per heavy atom. The predicted molar refractivity (Wildman–Crippen MR) is 47.2 cm³/mol. The van der Waals surface area contributed by atoms with E-state index in [0.717, 1.165) is 0 Å². The molecule has 5 heteroatoms. The molecule has 0 bridgehead atoms. The van der Waals surface area contributed by atoms with Crippen LogP contribution in [-0.2, 0) is 0 Å². The van der Waals surface area contributed by atoms with E-state index >= 15 is 0 Å². The molecule has 0 fully saturated rings. The molecule has 1 aromatic carbocycles. The average Bonchev–Trinajstić information content (AvgIpc) is 2.13. The minimum absolute atomic E-state index is 0.103.